The molecule has 0 spiro atoms. The number of rotatable bonds is 5. The zero-order valence-corrected chi connectivity index (χ0v) is 11.5. The van der Waals surface area contributed by atoms with Crippen LogP contribution in [0.25, 0.3) is 0 Å². The van der Waals surface area contributed by atoms with Crippen LogP contribution in [0.4, 0.5) is 4.39 Å². The van der Waals surface area contributed by atoms with E-state index in [0.29, 0.717) is 17.5 Å². The molecular weight excluding hydrogens is 279 g/mol. The first-order valence-corrected chi connectivity index (χ1v) is 6.90. The second-order valence-corrected chi connectivity index (χ2v) is 5.22. The number of halogens is 2. The molecule has 1 aromatic heterocycles. The van der Waals surface area contributed by atoms with E-state index in [1.165, 1.54) is 25.0 Å². The maximum absolute atomic E-state index is 13.3. The minimum absolute atomic E-state index is 0.0846. The molecule has 3 nitrogen and oxygen atoms in total. The van der Waals surface area contributed by atoms with Crippen LogP contribution in [-0.4, -0.2) is 11.0 Å². The van der Waals surface area contributed by atoms with Gasteiger partial charge in [-0.15, -0.1) is 0 Å². The van der Waals surface area contributed by atoms with E-state index in [1.807, 2.05) is 6.07 Å². The third kappa shape index (κ3) is 3.46. The van der Waals surface area contributed by atoms with Crippen molar-refractivity contribution in [1.82, 2.24) is 10.3 Å². The molecule has 0 atom stereocenters. The van der Waals surface area contributed by atoms with Gasteiger partial charge in [-0.1, -0.05) is 11.6 Å². The van der Waals surface area contributed by atoms with Crippen molar-refractivity contribution < 1.29 is 9.13 Å². The van der Waals surface area contributed by atoms with Crippen molar-refractivity contribution in [2.24, 2.45) is 0 Å². The highest BCUT2D eigenvalue weighted by Crippen LogP contribution is 2.26. The minimum Gasteiger partial charge on any atom is -0.457 e. The highest BCUT2D eigenvalue weighted by Gasteiger charge is 2.20. The van der Waals surface area contributed by atoms with E-state index >= 15 is 0 Å². The van der Waals surface area contributed by atoms with Crippen molar-refractivity contribution in [3.8, 4) is 11.5 Å². The zero-order valence-electron chi connectivity index (χ0n) is 10.8. The van der Waals surface area contributed by atoms with Crippen LogP contribution < -0.4 is 10.1 Å². The Morgan fingerprint density at radius 3 is 2.80 bits per heavy atom. The predicted molar refractivity (Wildman–Crippen MR) is 75.6 cm³/mol. The molecule has 0 radical (unpaired) electrons. The average Bonchev–Trinajstić information content (AvgIpc) is 3.25. The lowest BCUT2D eigenvalue weighted by molar-refractivity contribution is 0.474. The van der Waals surface area contributed by atoms with Gasteiger partial charge in [0.05, 0.1) is 10.7 Å². The van der Waals surface area contributed by atoms with E-state index in [0.717, 1.165) is 12.2 Å². The maximum atomic E-state index is 13.3. The second-order valence-electron chi connectivity index (χ2n) is 4.82. The first kappa shape index (κ1) is 13.3. The Morgan fingerprint density at radius 1 is 1.25 bits per heavy atom. The number of benzene rings is 1. The largest absolute Gasteiger partial charge is 0.457 e. The summed E-state index contributed by atoms with van der Waals surface area (Å²) < 4.78 is 19.0. The van der Waals surface area contributed by atoms with Gasteiger partial charge in [-0.05, 0) is 31.0 Å². The van der Waals surface area contributed by atoms with Gasteiger partial charge in [0.1, 0.15) is 17.3 Å². The van der Waals surface area contributed by atoms with Crippen molar-refractivity contribution in [1.29, 1.82) is 0 Å². The summed E-state index contributed by atoms with van der Waals surface area (Å²) in [6.07, 6.45) is 4.16. The van der Waals surface area contributed by atoms with Gasteiger partial charge in [0.2, 0.25) is 0 Å². The molecule has 1 aliphatic rings. The summed E-state index contributed by atoms with van der Waals surface area (Å²) in [6, 6.07) is 8.60. The molecule has 1 aromatic carbocycles. The molecule has 1 heterocycles. The fourth-order valence-corrected chi connectivity index (χ4v) is 1.95. The van der Waals surface area contributed by atoms with Crippen molar-refractivity contribution >= 4 is 11.6 Å². The molecule has 0 bridgehead atoms. The molecule has 20 heavy (non-hydrogen) atoms. The number of hydrogen-bond donors (Lipinski definition) is 1. The zero-order chi connectivity index (χ0) is 13.9. The molecule has 1 saturated carbocycles. The minimum atomic E-state index is -0.492. The Labute approximate surface area is 121 Å². The standard InChI is InChI=1S/C15H14ClFN2O/c16-14-4-3-12(8-15(14)17)20-13-5-6-18-11(7-13)9-19-10-1-2-10/h3-8,10,19H,1-2,9H2. The van der Waals surface area contributed by atoms with Gasteiger partial charge in [0.25, 0.3) is 0 Å². The van der Waals surface area contributed by atoms with Crippen LogP contribution in [0.5, 0.6) is 11.5 Å². The summed E-state index contributed by atoms with van der Waals surface area (Å²) >= 11 is 5.64. The lowest BCUT2D eigenvalue weighted by Gasteiger charge is -2.08. The number of ether oxygens (including phenoxy) is 1. The fourth-order valence-electron chi connectivity index (χ4n) is 1.83. The molecule has 5 heteroatoms. The maximum Gasteiger partial charge on any atom is 0.145 e. The van der Waals surface area contributed by atoms with Gasteiger partial charge in [-0.25, -0.2) is 4.39 Å². The van der Waals surface area contributed by atoms with E-state index in [2.05, 4.69) is 10.3 Å². The van der Waals surface area contributed by atoms with Gasteiger partial charge < -0.3 is 10.1 Å². The Hall–Kier alpha value is -1.65. The molecular formula is C15H14ClFN2O. The van der Waals surface area contributed by atoms with Crippen LogP contribution in [0.15, 0.2) is 36.5 Å². The first-order valence-electron chi connectivity index (χ1n) is 6.52. The normalized spacial score (nSPS) is 14.3. The number of nitrogens with one attached hydrogen (secondary N) is 1. The van der Waals surface area contributed by atoms with E-state index in [-0.39, 0.29) is 5.02 Å². The van der Waals surface area contributed by atoms with Crippen LogP contribution in [-0.2, 0) is 6.54 Å². The van der Waals surface area contributed by atoms with Gasteiger partial charge >= 0.3 is 0 Å². The van der Waals surface area contributed by atoms with E-state index in [4.69, 9.17) is 16.3 Å². The van der Waals surface area contributed by atoms with Crippen molar-refractivity contribution in [3.63, 3.8) is 0 Å². The highest BCUT2D eigenvalue weighted by atomic mass is 35.5. The first-order chi connectivity index (χ1) is 9.70. The molecule has 0 aliphatic heterocycles. The number of pyridine rings is 1. The van der Waals surface area contributed by atoms with E-state index < -0.39 is 5.82 Å². The quantitative estimate of drug-likeness (QED) is 0.907. The summed E-state index contributed by atoms with van der Waals surface area (Å²) in [6.45, 7) is 0.719. The number of nitrogens with zero attached hydrogens (tertiary/aromatic N) is 1. The third-order valence-corrected chi connectivity index (χ3v) is 3.37. The van der Waals surface area contributed by atoms with E-state index in [1.54, 1.807) is 18.3 Å². The Bertz CT molecular complexity index is 617. The number of hydrogen-bond acceptors (Lipinski definition) is 3. The lowest BCUT2D eigenvalue weighted by atomic mass is 10.3. The van der Waals surface area contributed by atoms with Crippen molar-refractivity contribution in [2.75, 3.05) is 0 Å². The third-order valence-electron chi connectivity index (χ3n) is 3.06. The highest BCUT2D eigenvalue weighted by molar-refractivity contribution is 6.30. The van der Waals surface area contributed by atoms with Crippen LogP contribution in [0.3, 0.4) is 0 Å². The number of aromatic nitrogens is 1. The summed E-state index contributed by atoms with van der Waals surface area (Å²) in [5.41, 5.74) is 0.906. The van der Waals surface area contributed by atoms with Crippen LogP contribution in [0.2, 0.25) is 5.02 Å². The summed E-state index contributed by atoms with van der Waals surface area (Å²) in [7, 11) is 0. The molecule has 104 valence electrons. The summed E-state index contributed by atoms with van der Waals surface area (Å²) in [4.78, 5) is 4.27. The molecule has 2 aromatic rings. The lowest BCUT2D eigenvalue weighted by Crippen LogP contribution is -2.16. The summed E-state index contributed by atoms with van der Waals surface area (Å²) in [5, 5.41) is 3.47. The molecule has 1 aliphatic carbocycles. The van der Waals surface area contributed by atoms with Crippen molar-refractivity contribution in [2.45, 2.75) is 25.4 Å². The van der Waals surface area contributed by atoms with Crippen LogP contribution in [0, 0.1) is 5.82 Å². The van der Waals surface area contributed by atoms with Gasteiger partial charge in [0.15, 0.2) is 0 Å². The fraction of sp³-hybridized carbons (Fsp3) is 0.267. The van der Waals surface area contributed by atoms with Gasteiger partial charge in [-0.2, -0.15) is 0 Å². The second kappa shape index (κ2) is 5.77. The molecule has 1 fully saturated rings. The van der Waals surface area contributed by atoms with Gasteiger partial charge in [-0.3, -0.25) is 4.98 Å². The topological polar surface area (TPSA) is 34.1 Å². The predicted octanol–water partition coefficient (Wildman–Crippen LogP) is 3.92. The molecule has 3 rings (SSSR count). The molecule has 0 unspecified atom stereocenters. The molecule has 1 N–H and O–H groups in total. The van der Waals surface area contributed by atoms with Crippen LogP contribution >= 0.6 is 11.6 Å². The molecule has 0 saturated heterocycles. The monoisotopic (exact) mass is 292 g/mol. The van der Waals surface area contributed by atoms with Crippen molar-refractivity contribution in [3.05, 3.63) is 53.1 Å². The Kier molecular flexibility index (Phi) is 3.85. The Balaban J connectivity index is 1.69. The Morgan fingerprint density at radius 2 is 2.05 bits per heavy atom. The molecule has 0 amide bonds. The summed E-state index contributed by atoms with van der Waals surface area (Å²) in [5.74, 6) is 0.558. The smallest absolute Gasteiger partial charge is 0.145 e. The van der Waals surface area contributed by atoms with E-state index in [9.17, 15) is 4.39 Å². The van der Waals surface area contributed by atoms with Crippen LogP contribution in [0.1, 0.15) is 18.5 Å². The average molecular weight is 293 g/mol. The SMILES string of the molecule is Fc1cc(Oc2ccnc(CNC3CC3)c2)ccc1Cl. The van der Waals surface area contributed by atoms with Gasteiger partial charge in [0, 0.05) is 30.9 Å².